The largest absolute Gasteiger partial charge is 1.00 e. The molecule has 0 atom stereocenters. The van der Waals surface area contributed by atoms with Gasteiger partial charge >= 0.3 is 99.8 Å². The van der Waals surface area contributed by atoms with E-state index in [9.17, 15) is 28.1 Å². The van der Waals surface area contributed by atoms with Gasteiger partial charge in [-0.2, -0.15) is 0 Å². The van der Waals surface area contributed by atoms with Gasteiger partial charge in [0.2, 0.25) is 0 Å². The minimum Gasteiger partial charge on any atom is -1.00 e. The summed E-state index contributed by atoms with van der Waals surface area (Å²) in [5, 5.41) is 30.2. The summed E-state index contributed by atoms with van der Waals surface area (Å²) in [6.07, 6.45) is -1.79. The first-order valence-corrected chi connectivity index (χ1v) is 12.6. The Morgan fingerprint density at radius 3 is 0.781 bits per heavy atom. The van der Waals surface area contributed by atoms with Crippen molar-refractivity contribution in [1.29, 1.82) is 0 Å². The summed E-state index contributed by atoms with van der Waals surface area (Å²) in [6.45, 7) is -1.32. The molecule has 0 unspecified atom stereocenters. The molecule has 0 aliphatic heterocycles. The first-order chi connectivity index (χ1) is 13.2. The minimum absolute atomic E-state index is 0. The van der Waals surface area contributed by atoms with Crippen LogP contribution in [-0.2, 0) is 28.1 Å². The molecule has 0 aliphatic rings. The van der Waals surface area contributed by atoms with E-state index in [0.717, 1.165) is 0 Å². The number of hydrogen-bond acceptors (Lipinski definition) is 9. The number of nitrogens with one attached hydrogen (secondary N) is 3. The maximum atomic E-state index is 10.1. The predicted octanol–water partition coefficient (Wildman–Crippen LogP) is -9.38. The first-order valence-electron chi connectivity index (χ1n) is 7.16. The fourth-order valence-corrected chi connectivity index (χ4v) is 2.13. The summed E-state index contributed by atoms with van der Waals surface area (Å²) in [6, 6.07) is 0. The molecule has 0 saturated heterocycles. The smallest absolute Gasteiger partial charge is 1.00 e. The molecule has 0 radical (unpaired) electrons. The van der Waals surface area contributed by atoms with Gasteiger partial charge in [-0.05, 0) is 0 Å². The van der Waals surface area contributed by atoms with Crippen molar-refractivity contribution in [2.24, 2.45) is 0 Å². The molecule has 0 aliphatic carbocycles. The van der Waals surface area contributed by atoms with E-state index in [1.165, 1.54) is 0 Å². The minimum atomic E-state index is -4.10. The molecule has 0 spiro atoms. The predicted molar refractivity (Wildman–Crippen MR) is 99.9 cm³/mol. The van der Waals surface area contributed by atoms with Crippen LogP contribution in [0.15, 0.2) is 0 Å². The molecule has 0 fully saturated rings. The Morgan fingerprint density at radius 2 is 0.688 bits per heavy atom. The van der Waals surface area contributed by atoms with Crippen LogP contribution in [0.5, 0.6) is 0 Å². The van der Waals surface area contributed by atoms with E-state index < -0.39 is 79.2 Å². The topological polar surface area (TPSA) is 321 Å². The van der Waals surface area contributed by atoms with Crippen molar-refractivity contribution in [2.75, 3.05) is 38.5 Å². The SMILES string of the molecule is O=C(O)CNCP(=O)(O)O.O=C(O)CNCP(=O)(O)O.O=C(O)CNCP(=O)(O)O.[H-].[H-].[Na+].[Na+]. The van der Waals surface area contributed by atoms with Crippen molar-refractivity contribution in [3.05, 3.63) is 0 Å². The van der Waals surface area contributed by atoms with E-state index in [-0.39, 0.29) is 62.0 Å². The van der Waals surface area contributed by atoms with Crippen LogP contribution in [0.3, 0.4) is 0 Å². The molecule has 0 heterocycles. The first kappa shape index (κ1) is 42.9. The van der Waals surface area contributed by atoms with Gasteiger partial charge in [0.25, 0.3) is 0 Å². The molecule has 32 heavy (non-hydrogen) atoms. The summed E-state index contributed by atoms with van der Waals surface area (Å²) < 4.78 is 30.2. The Bertz CT molecular complexity index is 599. The van der Waals surface area contributed by atoms with E-state index in [4.69, 9.17) is 44.7 Å². The van der Waals surface area contributed by atoms with Gasteiger partial charge in [-0.25, -0.2) is 0 Å². The van der Waals surface area contributed by atoms with Gasteiger partial charge in [0.05, 0.1) is 38.5 Å². The van der Waals surface area contributed by atoms with Crippen molar-refractivity contribution >= 4 is 40.7 Å². The molecule has 184 valence electrons. The Hall–Kier alpha value is 0.740. The second-order valence-corrected chi connectivity index (χ2v) is 9.87. The van der Waals surface area contributed by atoms with Gasteiger partial charge in [-0.3, -0.25) is 44.0 Å². The van der Waals surface area contributed by atoms with Crippen molar-refractivity contribution in [3.63, 3.8) is 0 Å². The van der Waals surface area contributed by atoms with Crippen LogP contribution in [-0.4, -0.2) is 101 Å². The third kappa shape index (κ3) is 57.5. The fraction of sp³-hybridized carbons (Fsp3) is 0.667. The molecule has 12 N–H and O–H groups in total. The van der Waals surface area contributed by atoms with Crippen molar-refractivity contribution in [1.82, 2.24) is 16.0 Å². The molecule has 0 aromatic rings. The van der Waals surface area contributed by atoms with Crippen LogP contribution in [0, 0.1) is 0 Å². The number of carbonyl (C=O) groups is 3. The van der Waals surface area contributed by atoms with Crippen molar-refractivity contribution < 1.29 is 135 Å². The number of aliphatic carboxylic acids is 3. The second kappa shape index (κ2) is 22.2. The van der Waals surface area contributed by atoms with Crippen LogP contribution in [0.1, 0.15) is 2.85 Å². The quantitative estimate of drug-likeness (QED) is 0.0785. The molecule has 0 aromatic heterocycles. The maximum Gasteiger partial charge on any atom is 1.00 e. The molecular formula is C9H26N3Na2O15P3. The molecule has 23 heteroatoms. The van der Waals surface area contributed by atoms with Crippen LogP contribution in [0.4, 0.5) is 0 Å². The fourth-order valence-electron chi connectivity index (χ4n) is 0.925. The molecular weight excluding hydrogens is 529 g/mol. The average Bonchev–Trinajstić information content (AvgIpc) is 2.42. The van der Waals surface area contributed by atoms with Gasteiger partial charge < -0.3 is 47.5 Å². The average molecular weight is 555 g/mol. The monoisotopic (exact) mass is 555 g/mol. The molecule has 0 saturated carbocycles. The number of carboxylic acids is 3. The zero-order valence-corrected chi connectivity index (χ0v) is 23.7. The van der Waals surface area contributed by atoms with Gasteiger partial charge in [0.15, 0.2) is 0 Å². The van der Waals surface area contributed by atoms with E-state index in [1.807, 2.05) is 0 Å². The Balaban J connectivity index is -0.0000000607. The summed E-state index contributed by atoms with van der Waals surface area (Å²) in [4.78, 5) is 78.4. The number of carboxylic acid groups (broad SMARTS) is 3. The zero-order valence-electron chi connectivity index (χ0n) is 19.1. The molecule has 0 amide bonds. The molecule has 0 aromatic carbocycles. The van der Waals surface area contributed by atoms with Crippen molar-refractivity contribution in [3.8, 4) is 0 Å². The van der Waals surface area contributed by atoms with Gasteiger partial charge in [0, 0.05) is 0 Å². The third-order valence-corrected chi connectivity index (χ3v) is 3.69. The molecule has 0 rings (SSSR count). The van der Waals surface area contributed by atoms with Crippen LogP contribution < -0.4 is 75.1 Å². The maximum absolute atomic E-state index is 10.1. The summed E-state index contributed by atoms with van der Waals surface area (Å²) in [7, 11) is -12.3. The Morgan fingerprint density at radius 1 is 0.531 bits per heavy atom. The Kier molecular flexibility index (Phi) is 29.8. The van der Waals surface area contributed by atoms with Crippen LogP contribution in [0.2, 0.25) is 0 Å². The third-order valence-electron chi connectivity index (χ3n) is 1.78. The van der Waals surface area contributed by atoms with E-state index in [2.05, 4.69) is 16.0 Å². The Labute approximate surface area is 228 Å². The van der Waals surface area contributed by atoms with Crippen LogP contribution >= 0.6 is 22.8 Å². The van der Waals surface area contributed by atoms with Gasteiger partial charge in [0.1, 0.15) is 0 Å². The van der Waals surface area contributed by atoms with Gasteiger partial charge in [-0.1, -0.05) is 0 Å². The summed E-state index contributed by atoms with van der Waals surface area (Å²) >= 11 is 0. The normalized spacial score (nSPS) is 10.7. The second-order valence-electron chi connectivity index (χ2n) is 4.93. The van der Waals surface area contributed by atoms with E-state index >= 15 is 0 Å². The standard InChI is InChI=1S/3C3H8NO5P.2Na.2H/c3*5-3(6)1-4-2-10(7,8)9;;;;/h3*4H,1-2H2,(H,5,6)(H2,7,8,9);;;;/q;;;2*+1;2*-1. The summed E-state index contributed by atoms with van der Waals surface area (Å²) in [5.41, 5.74) is 0. The molecule has 18 nitrogen and oxygen atoms in total. The summed E-state index contributed by atoms with van der Waals surface area (Å²) in [5.74, 6) is -3.43. The number of hydrogen-bond donors (Lipinski definition) is 12. The van der Waals surface area contributed by atoms with Gasteiger partial charge in [-0.15, -0.1) is 0 Å². The number of rotatable bonds is 12. The zero-order chi connectivity index (χ0) is 24.6. The van der Waals surface area contributed by atoms with E-state index in [1.54, 1.807) is 0 Å². The van der Waals surface area contributed by atoms with Crippen LogP contribution in [0.25, 0.3) is 0 Å². The van der Waals surface area contributed by atoms with Crippen molar-refractivity contribution in [2.45, 2.75) is 0 Å². The molecule has 0 bridgehead atoms. The van der Waals surface area contributed by atoms with E-state index in [0.29, 0.717) is 0 Å².